The largest absolute Gasteiger partial charge is 0.350 e. The molecule has 1 aliphatic heterocycles. The highest BCUT2D eigenvalue weighted by Crippen LogP contribution is 2.26. The molecule has 0 unspecified atom stereocenters. The SMILES string of the molecule is CC(=O)N1CCCCCCCN(C(C)C)Cc2cc(C(=O)NCCn3nccc3NS(C)(=O)=O)ccc21. The maximum absolute atomic E-state index is 13.0. The standard InChI is InChI=1S/C26H40N6O4S/c1-20(2)30-15-8-6-5-7-9-16-31(21(3)33)24-11-10-22(18-23(24)19-30)26(34)27-14-17-32-25(12-13-28-32)29-37(4,35)36/h10-13,18,20,29H,5-9,14-17,19H2,1-4H3,(H,27,34). The second-order valence-corrected chi connectivity index (χ2v) is 11.7. The number of hydrogen-bond acceptors (Lipinski definition) is 6. The molecule has 2 amide bonds. The predicted octanol–water partition coefficient (Wildman–Crippen LogP) is 3.21. The number of carbonyl (C=O) groups excluding carboxylic acids is 2. The van der Waals surface area contributed by atoms with Crippen LogP contribution in [0.25, 0.3) is 0 Å². The molecule has 3 rings (SSSR count). The first kappa shape index (κ1) is 28.6. The zero-order valence-electron chi connectivity index (χ0n) is 22.4. The van der Waals surface area contributed by atoms with Gasteiger partial charge in [-0.1, -0.05) is 19.3 Å². The van der Waals surface area contributed by atoms with Crippen LogP contribution in [-0.2, 0) is 27.9 Å². The molecule has 1 aromatic carbocycles. The van der Waals surface area contributed by atoms with Crippen molar-refractivity contribution in [3.05, 3.63) is 41.6 Å². The summed E-state index contributed by atoms with van der Waals surface area (Å²) >= 11 is 0. The minimum absolute atomic E-state index is 0.00402. The molecule has 204 valence electrons. The summed E-state index contributed by atoms with van der Waals surface area (Å²) < 4.78 is 27.0. The summed E-state index contributed by atoms with van der Waals surface area (Å²) in [6.45, 7) is 8.82. The molecule has 10 nitrogen and oxygen atoms in total. The fourth-order valence-electron chi connectivity index (χ4n) is 4.58. The smallest absolute Gasteiger partial charge is 0.251 e. The number of benzene rings is 1. The predicted molar refractivity (Wildman–Crippen MR) is 146 cm³/mol. The maximum Gasteiger partial charge on any atom is 0.251 e. The summed E-state index contributed by atoms with van der Waals surface area (Å²) in [5.74, 6) is 0.114. The van der Waals surface area contributed by atoms with E-state index in [1.807, 2.05) is 17.0 Å². The Bertz CT molecular complexity index is 1180. The van der Waals surface area contributed by atoms with Crippen LogP contribution in [0.2, 0.25) is 0 Å². The zero-order valence-corrected chi connectivity index (χ0v) is 23.2. The van der Waals surface area contributed by atoms with Gasteiger partial charge >= 0.3 is 0 Å². The van der Waals surface area contributed by atoms with E-state index in [1.165, 1.54) is 23.7 Å². The first-order valence-electron chi connectivity index (χ1n) is 13.0. The minimum atomic E-state index is -3.43. The van der Waals surface area contributed by atoms with Crippen LogP contribution in [-0.4, -0.2) is 66.8 Å². The number of aromatic nitrogens is 2. The molecule has 0 aliphatic carbocycles. The number of fused-ring (bicyclic) bond motifs is 1. The number of amides is 2. The highest BCUT2D eigenvalue weighted by atomic mass is 32.2. The Balaban J connectivity index is 1.79. The van der Waals surface area contributed by atoms with Crippen LogP contribution >= 0.6 is 0 Å². The van der Waals surface area contributed by atoms with Crippen LogP contribution in [0.1, 0.15) is 68.8 Å². The lowest BCUT2D eigenvalue weighted by Gasteiger charge is -2.31. The van der Waals surface area contributed by atoms with E-state index < -0.39 is 10.0 Å². The van der Waals surface area contributed by atoms with E-state index in [0.717, 1.165) is 43.3 Å². The highest BCUT2D eigenvalue weighted by molar-refractivity contribution is 7.92. The molecule has 0 saturated carbocycles. The van der Waals surface area contributed by atoms with Gasteiger partial charge in [0.25, 0.3) is 5.91 Å². The molecule has 1 aromatic heterocycles. The second-order valence-electron chi connectivity index (χ2n) is 9.92. The van der Waals surface area contributed by atoms with Gasteiger partial charge in [0.15, 0.2) is 0 Å². The lowest BCUT2D eigenvalue weighted by atomic mass is 10.0. The molecular formula is C26H40N6O4S. The van der Waals surface area contributed by atoms with Crippen molar-refractivity contribution in [2.24, 2.45) is 0 Å². The van der Waals surface area contributed by atoms with Gasteiger partial charge in [-0.3, -0.25) is 19.2 Å². The monoisotopic (exact) mass is 532 g/mol. The first-order chi connectivity index (χ1) is 17.5. The normalized spacial score (nSPS) is 16.0. The van der Waals surface area contributed by atoms with E-state index in [9.17, 15) is 18.0 Å². The Morgan fingerprint density at radius 3 is 2.43 bits per heavy atom. The van der Waals surface area contributed by atoms with E-state index in [1.54, 1.807) is 19.1 Å². The van der Waals surface area contributed by atoms with Gasteiger partial charge in [0.2, 0.25) is 15.9 Å². The molecular weight excluding hydrogens is 492 g/mol. The summed E-state index contributed by atoms with van der Waals surface area (Å²) in [4.78, 5) is 29.8. The van der Waals surface area contributed by atoms with E-state index >= 15 is 0 Å². The molecule has 0 spiro atoms. The molecule has 0 bridgehead atoms. The lowest BCUT2D eigenvalue weighted by molar-refractivity contribution is -0.116. The van der Waals surface area contributed by atoms with Gasteiger partial charge in [0, 0.05) is 49.9 Å². The van der Waals surface area contributed by atoms with Crippen molar-refractivity contribution in [2.45, 2.75) is 72.0 Å². The molecule has 0 saturated heterocycles. The van der Waals surface area contributed by atoms with Crippen LogP contribution in [0.5, 0.6) is 0 Å². The van der Waals surface area contributed by atoms with E-state index in [2.05, 4.69) is 33.9 Å². The van der Waals surface area contributed by atoms with Crippen molar-refractivity contribution in [1.29, 1.82) is 0 Å². The fourth-order valence-corrected chi connectivity index (χ4v) is 5.14. The molecule has 0 fully saturated rings. The van der Waals surface area contributed by atoms with Gasteiger partial charge in [-0.2, -0.15) is 5.10 Å². The molecule has 2 N–H and O–H groups in total. The van der Waals surface area contributed by atoms with Crippen LogP contribution in [0, 0.1) is 0 Å². The number of carbonyl (C=O) groups is 2. The zero-order chi connectivity index (χ0) is 27.0. The Hall–Kier alpha value is -2.92. The highest BCUT2D eigenvalue weighted by Gasteiger charge is 2.21. The van der Waals surface area contributed by atoms with Gasteiger partial charge in [-0.15, -0.1) is 0 Å². The van der Waals surface area contributed by atoms with Gasteiger partial charge in [-0.05, 0) is 57.0 Å². The second kappa shape index (κ2) is 13.0. The summed E-state index contributed by atoms with van der Waals surface area (Å²) in [7, 11) is -3.43. The Labute approximate surface area is 220 Å². The average molecular weight is 533 g/mol. The number of hydrogen-bond donors (Lipinski definition) is 2. The maximum atomic E-state index is 13.0. The lowest BCUT2D eigenvalue weighted by Crippen LogP contribution is -2.35. The van der Waals surface area contributed by atoms with Crippen LogP contribution in [0.3, 0.4) is 0 Å². The third-order valence-corrected chi connectivity index (χ3v) is 7.14. The number of anilines is 2. The quantitative estimate of drug-likeness (QED) is 0.566. The molecule has 0 radical (unpaired) electrons. The van der Waals surface area contributed by atoms with Gasteiger partial charge in [0.1, 0.15) is 5.82 Å². The van der Waals surface area contributed by atoms with Gasteiger partial charge in [0.05, 0.1) is 19.0 Å². The van der Waals surface area contributed by atoms with Crippen LogP contribution < -0.4 is 14.9 Å². The molecule has 37 heavy (non-hydrogen) atoms. The number of nitrogens with one attached hydrogen (secondary N) is 2. The van der Waals surface area contributed by atoms with Gasteiger partial charge in [-0.25, -0.2) is 13.1 Å². The van der Waals surface area contributed by atoms with Crippen molar-refractivity contribution in [2.75, 3.05) is 35.5 Å². The third-order valence-electron chi connectivity index (χ3n) is 6.56. The van der Waals surface area contributed by atoms with Crippen molar-refractivity contribution >= 4 is 33.3 Å². The van der Waals surface area contributed by atoms with Crippen molar-refractivity contribution < 1.29 is 18.0 Å². The summed E-state index contributed by atoms with van der Waals surface area (Å²) in [5.41, 5.74) is 2.35. The molecule has 11 heteroatoms. The van der Waals surface area contributed by atoms with Crippen LogP contribution in [0.4, 0.5) is 11.5 Å². The number of sulfonamides is 1. The van der Waals surface area contributed by atoms with E-state index in [0.29, 0.717) is 37.1 Å². The van der Waals surface area contributed by atoms with Crippen molar-refractivity contribution in [3.8, 4) is 0 Å². The summed E-state index contributed by atoms with van der Waals surface area (Å²) in [6, 6.07) is 7.45. The summed E-state index contributed by atoms with van der Waals surface area (Å²) in [6.07, 6.45) is 8.11. The Kier molecular flexibility index (Phi) is 10.1. The third kappa shape index (κ3) is 8.57. The van der Waals surface area contributed by atoms with E-state index in [4.69, 9.17) is 0 Å². The topological polar surface area (TPSA) is 117 Å². The first-order valence-corrected chi connectivity index (χ1v) is 14.9. The van der Waals surface area contributed by atoms with Crippen LogP contribution in [0.15, 0.2) is 30.5 Å². The molecule has 0 atom stereocenters. The number of rotatable bonds is 7. The Morgan fingerprint density at radius 2 is 1.76 bits per heavy atom. The molecule has 2 aromatic rings. The summed E-state index contributed by atoms with van der Waals surface area (Å²) in [5, 5.41) is 7.02. The van der Waals surface area contributed by atoms with Gasteiger partial charge < -0.3 is 10.2 Å². The fraction of sp³-hybridized carbons (Fsp3) is 0.577. The van der Waals surface area contributed by atoms with Crippen molar-refractivity contribution in [1.82, 2.24) is 20.0 Å². The average Bonchev–Trinajstić information content (AvgIpc) is 3.23. The Morgan fingerprint density at radius 1 is 1.05 bits per heavy atom. The molecule has 2 heterocycles. The minimum Gasteiger partial charge on any atom is -0.350 e. The van der Waals surface area contributed by atoms with E-state index in [-0.39, 0.29) is 18.4 Å². The number of nitrogens with zero attached hydrogens (tertiary/aromatic N) is 4. The molecule has 1 aliphatic rings. The van der Waals surface area contributed by atoms with Crippen molar-refractivity contribution in [3.63, 3.8) is 0 Å².